The van der Waals surface area contributed by atoms with Crippen LogP contribution in [0.1, 0.15) is 45.7 Å². The minimum Gasteiger partial charge on any atom is -0.452 e. The SMILES string of the molecule is Cc1ccc(Cn2nc(C)c(C(=O)OCC(=O)NC3CC3)c2C)cc1. The van der Waals surface area contributed by atoms with Crippen molar-refractivity contribution in [2.24, 2.45) is 0 Å². The summed E-state index contributed by atoms with van der Waals surface area (Å²) < 4.78 is 6.95. The highest BCUT2D eigenvalue weighted by Crippen LogP contribution is 2.19. The van der Waals surface area contributed by atoms with E-state index in [9.17, 15) is 9.59 Å². The largest absolute Gasteiger partial charge is 0.452 e. The zero-order chi connectivity index (χ0) is 18.0. The van der Waals surface area contributed by atoms with E-state index in [4.69, 9.17) is 4.74 Å². The highest BCUT2D eigenvalue weighted by molar-refractivity contribution is 5.93. The first-order valence-corrected chi connectivity index (χ1v) is 8.50. The third kappa shape index (κ3) is 4.26. The number of ether oxygens (including phenoxy) is 1. The summed E-state index contributed by atoms with van der Waals surface area (Å²) in [5.74, 6) is -0.755. The second-order valence-electron chi connectivity index (χ2n) is 6.61. The molecule has 3 rings (SSSR count). The van der Waals surface area contributed by atoms with Crippen molar-refractivity contribution < 1.29 is 14.3 Å². The maximum Gasteiger partial charge on any atom is 0.342 e. The van der Waals surface area contributed by atoms with Crippen molar-refractivity contribution in [1.82, 2.24) is 15.1 Å². The molecule has 132 valence electrons. The quantitative estimate of drug-likeness (QED) is 0.818. The Morgan fingerprint density at radius 2 is 1.88 bits per heavy atom. The van der Waals surface area contributed by atoms with Crippen LogP contribution in [0.5, 0.6) is 0 Å². The number of nitrogens with zero attached hydrogens (tertiary/aromatic N) is 2. The molecule has 1 N–H and O–H groups in total. The second kappa shape index (κ2) is 7.09. The van der Waals surface area contributed by atoms with E-state index in [-0.39, 0.29) is 18.6 Å². The van der Waals surface area contributed by atoms with Gasteiger partial charge in [-0.05, 0) is 39.2 Å². The summed E-state index contributed by atoms with van der Waals surface area (Å²) in [6, 6.07) is 8.45. The first kappa shape index (κ1) is 17.2. The molecule has 0 spiro atoms. The Morgan fingerprint density at radius 3 is 2.52 bits per heavy atom. The lowest BCUT2D eigenvalue weighted by molar-refractivity contribution is -0.124. The van der Waals surface area contributed by atoms with Gasteiger partial charge in [0, 0.05) is 6.04 Å². The summed E-state index contributed by atoms with van der Waals surface area (Å²) in [5, 5.41) is 7.25. The maximum atomic E-state index is 12.3. The fraction of sp³-hybridized carbons (Fsp3) is 0.421. The second-order valence-corrected chi connectivity index (χ2v) is 6.61. The van der Waals surface area contributed by atoms with Crippen LogP contribution in [0.3, 0.4) is 0 Å². The summed E-state index contributed by atoms with van der Waals surface area (Å²) in [4.78, 5) is 24.0. The standard InChI is InChI=1S/C19H23N3O3/c1-12-4-6-15(7-5-12)10-22-14(3)18(13(2)21-22)19(24)25-11-17(23)20-16-8-9-16/h4-7,16H,8-11H2,1-3H3,(H,20,23). The molecule has 6 heteroatoms. The molecular weight excluding hydrogens is 318 g/mol. The number of hydrogen-bond acceptors (Lipinski definition) is 4. The third-order valence-corrected chi connectivity index (χ3v) is 4.32. The van der Waals surface area contributed by atoms with Crippen molar-refractivity contribution in [3.05, 3.63) is 52.3 Å². The lowest BCUT2D eigenvalue weighted by Gasteiger charge is -2.07. The fourth-order valence-corrected chi connectivity index (χ4v) is 2.71. The number of rotatable bonds is 6. The van der Waals surface area contributed by atoms with Gasteiger partial charge in [-0.2, -0.15) is 5.10 Å². The van der Waals surface area contributed by atoms with Gasteiger partial charge >= 0.3 is 5.97 Å². The zero-order valence-electron chi connectivity index (χ0n) is 14.8. The summed E-state index contributed by atoms with van der Waals surface area (Å²) in [5.41, 5.74) is 4.10. The van der Waals surface area contributed by atoms with E-state index in [1.54, 1.807) is 11.6 Å². The minimum atomic E-state index is -0.504. The van der Waals surface area contributed by atoms with Crippen molar-refractivity contribution >= 4 is 11.9 Å². The maximum absolute atomic E-state index is 12.3. The first-order valence-electron chi connectivity index (χ1n) is 8.50. The van der Waals surface area contributed by atoms with Gasteiger partial charge in [0.1, 0.15) is 5.56 Å². The number of aromatic nitrogens is 2. The highest BCUT2D eigenvalue weighted by Gasteiger charge is 2.25. The average Bonchev–Trinajstić information content (AvgIpc) is 3.33. The third-order valence-electron chi connectivity index (χ3n) is 4.32. The normalized spacial score (nSPS) is 13.6. The van der Waals surface area contributed by atoms with E-state index in [0.29, 0.717) is 17.8 Å². The van der Waals surface area contributed by atoms with Crippen LogP contribution < -0.4 is 5.32 Å². The van der Waals surface area contributed by atoms with Gasteiger partial charge in [-0.25, -0.2) is 4.79 Å². The highest BCUT2D eigenvalue weighted by atomic mass is 16.5. The van der Waals surface area contributed by atoms with E-state index >= 15 is 0 Å². The van der Waals surface area contributed by atoms with Crippen LogP contribution in [0.4, 0.5) is 0 Å². The predicted molar refractivity (Wildman–Crippen MR) is 93.4 cm³/mol. The van der Waals surface area contributed by atoms with E-state index < -0.39 is 5.97 Å². The molecule has 1 fully saturated rings. The van der Waals surface area contributed by atoms with Crippen LogP contribution in [0.25, 0.3) is 0 Å². The monoisotopic (exact) mass is 341 g/mol. The molecule has 25 heavy (non-hydrogen) atoms. The van der Waals surface area contributed by atoms with Crippen LogP contribution >= 0.6 is 0 Å². The predicted octanol–water partition coefficient (Wildman–Crippen LogP) is 2.29. The molecule has 1 aromatic carbocycles. The van der Waals surface area contributed by atoms with Crippen molar-refractivity contribution in [3.63, 3.8) is 0 Å². The number of amides is 1. The number of aryl methyl sites for hydroxylation is 2. The summed E-state index contributed by atoms with van der Waals surface area (Å²) >= 11 is 0. The Hall–Kier alpha value is -2.63. The summed E-state index contributed by atoms with van der Waals surface area (Å²) in [6.07, 6.45) is 2.01. The van der Waals surface area contributed by atoms with Gasteiger partial charge in [-0.15, -0.1) is 0 Å². The summed E-state index contributed by atoms with van der Waals surface area (Å²) in [6.45, 7) is 5.99. The van der Waals surface area contributed by atoms with E-state index in [2.05, 4.69) is 22.5 Å². The van der Waals surface area contributed by atoms with Gasteiger partial charge in [0.2, 0.25) is 0 Å². The van der Waals surface area contributed by atoms with Gasteiger partial charge in [0.25, 0.3) is 5.91 Å². The van der Waals surface area contributed by atoms with Gasteiger partial charge < -0.3 is 10.1 Å². The molecule has 0 atom stereocenters. The molecule has 1 aliphatic rings. The molecule has 0 unspecified atom stereocenters. The fourth-order valence-electron chi connectivity index (χ4n) is 2.71. The van der Waals surface area contributed by atoms with Crippen LogP contribution in [-0.4, -0.2) is 34.3 Å². The number of esters is 1. The number of carbonyl (C=O) groups excluding carboxylic acids is 2. The lowest BCUT2D eigenvalue weighted by Crippen LogP contribution is -2.30. The average molecular weight is 341 g/mol. The molecule has 0 aliphatic heterocycles. The van der Waals surface area contributed by atoms with Gasteiger partial charge in [-0.3, -0.25) is 9.48 Å². The number of hydrogen-bond donors (Lipinski definition) is 1. The molecule has 1 amide bonds. The van der Waals surface area contributed by atoms with Crippen molar-refractivity contribution in [3.8, 4) is 0 Å². The Balaban J connectivity index is 1.66. The molecular formula is C19H23N3O3. The van der Waals surface area contributed by atoms with Crippen LogP contribution in [0.2, 0.25) is 0 Å². The molecule has 0 radical (unpaired) electrons. The van der Waals surface area contributed by atoms with Crippen LogP contribution in [0.15, 0.2) is 24.3 Å². The summed E-state index contributed by atoms with van der Waals surface area (Å²) in [7, 11) is 0. The molecule has 1 heterocycles. The lowest BCUT2D eigenvalue weighted by atomic mass is 10.1. The molecule has 1 saturated carbocycles. The number of nitrogens with one attached hydrogen (secondary N) is 1. The smallest absolute Gasteiger partial charge is 0.342 e. The number of carbonyl (C=O) groups is 2. The van der Waals surface area contributed by atoms with Gasteiger partial charge in [0.05, 0.1) is 17.9 Å². The molecule has 0 saturated heterocycles. The Bertz CT molecular complexity index is 789. The molecule has 6 nitrogen and oxygen atoms in total. The van der Waals surface area contributed by atoms with Crippen molar-refractivity contribution in [1.29, 1.82) is 0 Å². The van der Waals surface area contributed by atoms with E-state index in [0.717, 1.165) is 24.1 Å². The minimum absolute atomic E-state index is 0.252. The Kier molecular flexibility index (Phi) is 4.88. The van der Waals surface area contributed by atoms with Crippen LogP contribution in [-0.2, 0) is 16.1 Å². The van der Waals surface area contributed by atoms with Crippen molar-refractivity contribution in [2.45, 2.75) is 46.2 Å². The topological polar surface area (TPSA) is 73.2 Å². The molecule has 2 aromatic rings. The zero-order valence-corrected chi connectivity index (χ0v) is 14.8. The van der Waals surface area contributed by atoms with E-state index in [1.807, 2.05) is 26.0 Å². The number of benzene rings is 1. The van der Waals surface area contributed by atoms with E-state index in [1.165, 1.54) is 5.56 Å². The Labute approximate surface area is 147 Å². The van der Waals surface area contributed by atoms with Crippen LogP contribution in [0, 0.1) is 20.8 Å². The molecule has 1 aliphatic carbocycles. The van der Waals surface area contributed by atoms with Crippen molar-refractivity contribution in [2.75, 3.05) is 6.61 Å². The molecule has 1 aromatic heterocycles. The Morgan fingerprint density at radius 1 is 1.20 bits per heavy atom. The first-order chi connectivity index (χ1) is 11.9. The van der Waals surface area contributed by atoms with Gasteiger partial charge in [0.15, 0.2) is 6.61 Å². The van der Waals surface area contributed by atoms with Gasteiger partial charge in [-0.1, -0.05) is 29.8 Å². The molecule has 0 bridgehead atoms.